The van der Waals surface area contributed by atoms with Crippen molar-refractivity contribution in [2.75, 3.05) is 36.4 Å². The van der Waals surface area contributed by atoms with Gasteiger partial charge in [-0.15, -0.1) is 0 Å². The predicted octanol–water partition coefficient (Wildman–Crippen LogP) is 4.43. The zero-order valence-corrected chi connectivity index (χ0v) is 29.0. The summed E-state index contributed by atoms with van der Waals surface area (Å²) < 4.78 is 10.5. The number of hydrogen-bond acceptors (Lipinski definition) is 7. The highest BCUT2D eigenvalue weighted by Crippen LogP contribution is 2.42. The Balaban J connectivity index is 1.65. The summed E-state index contributed by atoms with van der Waals surface area (Å²) in [5.74, 6) is -1.03. The van der Waals surface area contributed by atoms with Gasteiger partial charge in [-0.2, -0.15) is 0 Å². The molecule has 5 rings (SSSR count). The van der Waals surface area contributed by atoms with Crippen molar-refractivity contribution in [2.45, 2.75) is 41.2 Å². The minimum atomic E-state index is -1.31. The van der Waals surface area contributed by atoms with Gasteiger partial charge < -0.3 is 39.5 Å². The van der Waals surface area contributed by atoms with E-state index < -0.39 is 11.4 Å². The van der Waals surface area contributed by atoms with Crippen molar-refractivity contribution < 1.29 is 19.4 Å². The maximum absolute atomic E-state index is 12.6. The van der Waals surface area contributed by atoms with E-state index in [1.54, 1.807) is 30.7 Å². The third-order valence-corrected chi connectivity index (χ3v) is 9.16. The predicted molar refractivity (Wildman–Crippen MR) is 194 cm³/mol. The van der Waals surface area contributed by atoms with Crippen LogP contribution >= 0.6 is 12.2 Å². The normalized spacial score (nSPS) is 11.1. The van der Waals surface area contributed by atoms with E-state index in [0.29, 0.717) is 39.5 Å². The summed E-state index contributed by atoms with van der Waals surface area (Å²) in [6.07, 6.45) is 0. The Morgan fingerprint density at radius 1 is 1.00 bits per heavy atom. The number of thiocarbonyl (C=S) groups is 1. The summed E-state index contributed by atoms with van der Waals surface area (Å²) in [5.41, 5.74) is 4.70. The van der Waals surface area contributed by atoms with Crippen LogP contribution < -0.4 is 36.0 Å². The molecule has 1 aromatic heterocycles. The molecule has 1 aliphatic heterocycles. The van der Waals surface area contributed by atoms with Gasteiger partial charge in [-0.05, 0) is 82.7 Å². The molecular weight excluding hydrogens is 627 g/mol. The van der Waals surface area contributed by atoms with Crippen molar-refractivity contribution in [3.8, 4) is 28.2 Å². The molecule has 0 bridgehead atoms. The maximum atomic E-state index is 12.6. The molecular formula is C37H41N5O5S. The molecule has 0 radical (unpaired) electrons. The zero-order valence-electron chi connectivity index (χ0n) is 28.1. The van der Waals surface area contributed by atoms with Crippen LogP contribution in [0.3, 0.4) is 0 Å². The van der Waals surface area contributed by atoms with Crippen LogP contribution in [-0.4, -0.2) is 46.9 Å². The number of benzene rings is 3. The van der Waals surface area contributed by atoms with Gasteiger partial charge in [0, 0.05) is 77.5 Å². The lowest BCUT2D eigenvalue weighted by Gasteiger charge is -2.23. The Morgan fingerprint density at radius 3 is 2.40 bits per heavy atom. The van der Waals surface area contributed by atoms with Crippen molar-refractivity contribution in [3.05, 3.63) is 93.2 Å². The first-order valence-corrected chi connectivity index (χ1v) is 16.5. The number of fused-ring (bicyclic) bond motifs is 2. The molecule has 0 saturated heterocycles. The quantitative estimate of drug-likeness (QED) is 0.113. The van der Waals surface area contributed by atoms with Crippen LogP contribution in [-0.2, 0) is 13.6 Å². The number of hydrogen-bond donors (Lipinski definition) is 3. The average Bonchev–Trinajstić information content (AvgIpc) is 3.07. The number of rotatable bonds is 10. The Bertz CT molecular complexity index is 2120. The van der Waals surface area contributed by atoms with Crippen LogP contribution in [0.15, 0.2) is 69.9 Å². The van der Waals surface area contributed by atoms with Gasteiger partial charge in [-0.25, -0.2) is 4.58 Å². The topological polar surface area (TPSA) is 126 Å². The van der Waals surface area contributed by atoms with Crippen LogP contribution in [0.25, 0.3) is 33.4 Å². The Hall–Kier alpha value is -5.16. The molecule has 2 aliphatic rings. The van der Waals surface area contributed by atoms with E-state index in [1.165, 1.54) is 12.1 Å². The number of carboxylic acid groups (broad SMARTS) is 1. The highest BCUT2D eigenvalue weighted by atomic mass is 32.1. The van der Waals surface area contributed by atoms with Crippen LogP contribution in [0, 0.1) is 6.92 Å². The lowest BCUT2D eigenvalue weighted by atomic mass is 9.90. The van der Waals surface area contributed by atoms with E-state index in [-0.39, 0.29) is 23.0 Å². The maximum Gasteiger partial charge on any atom is 0.223 e. The number of aromatic nitrogens is 1. The van der Waals surface area contributed by atoms with Crippen molar-refractivity contribution in [2.24, 2.45) is 7.05 Å². The molecule has 2 heterocycles. The van der Waals surface area contributed by atoms with Gasteiger partial charge in [0.1, 0.15) is 24.4 Å². The molecule has 3 N–H and O–H groups in total. The number of aryl methyl sites for hydroxylation is 1. The van der Waals surface area contributed by atoms with E-state index in [0.717, 1.165) is 48.2 Å². The van der Waals surface area contributed by atoms with Crippen molar-refractivity contribution >= 4 is 45.6 Å². The Kier molecular flexibility index (Phi) is 10.2. The summed E-state index contributed by atoms with van der Waals surface area (Å²) >= 11 is 5.56. The van der Waals surface area contributed by atoms with Gasteiger partial charge in [-0.3, -0.25) is 4.79 Å². The monoisotopic (exact) mass is 667 g/mol. The zero-order chi connectivity index (χ0) is 34.7. The van der Waals surface area contributed by atoms with Crippen LogP contribution in [0.2, 0.25) is 0 Å². The second-order valence-corrected chi connectivity index (χ2v) is 12.0. The first kappa shape index (κ1) is 34.2. The Morgan fingerprint density at radius 2 is 1.73 bits per heavy atom. The number of pyridine rings is 1. The molecule has 48 heavy (non-hydrogen) atoms. The van der Waals surface area contributed by atoms with E-state index in [2.05, 4.69) is 47.8 Å². The molecule has 0 saturated carbocycles. The number of aromatic carboxylic acids is 1. The summed E-state index contributed by atoms with van der Waals surface area (Å²) in [6.45, 7) is 13.6. The Labute approximate surface area is 284 Å². The standard InChI is InChI=1S/C37H41N5O5S/c1-7-41(8-2)24-12-15-27-32(19-24)47-33-20-25(42(9-3)10-4)13-16-28(33)34(27)29-18-23(11-14-26(29)36(45)46)39-37(48)38-21-30-35(44)31(43)17-22(5)40(30)6/h11-20H,7-10,21H2,1-6H3,(H3-,38,39,44,45,46,48). The fourth-order valence-electron chi connectivity index (χ4n) is 6.15. The number of aromatic hydroxyl groups is 1. The fraction of sp³-hybridized carbons (Fsp3) is 0.297. The van der Waals surface area contributed by atoms with Crippen molar-refractivity contribution in [1.29, 1.82) is 0 Å². The first-order chi connectivity index (χ1) is 23.0. The third-order valence-electron chi connectivity index (χ3n) is 8.91. The number of carbonyl (C=O) groups excluding carboxylic acids is 1. The number of nitrogens with one attached hydrogen (secondary N) is 2. The fourth-order valence-corrected chi connectivity index (χ4v) is 6.34. The van der Waals surface area contributed by atoms with Gasteiger partial charge >= 0.3 is 0 Å². The van der Waals surface area contributed by atoms with Gasteiger partial charge in [-0.1, -0.05) is 6.07 Å². The second-order valence-electron chi connectivity index (χ2n) is 11.5. The molecule has 1 aliphatic carbocycles. The van der Waals surface area contributed by atoms with Crippen molar-refractivity contribution in [3.63, 3.8) is 0 Å². The lowest BCUT2D eigenvalue weighted by molar-refractivity contribution is -0.254. The smallest absolute Gasteiger partial charge is 0.223 e. The summed E-state index contributed by atoms with van der Waals surface area (Å²) in [6, 6.07) is 18.2. The number of anilines is 2. The molecule has 0 unspecified atom stereocenters. The molecule has 0 atom stereocenters. The highest BCUT2D eigenvalue weighted by molar-refractivity contribution is 7.80. The molecule has 0 spiro atoms. The minimum Gasteiger partial charge on any atom is -0.545 e. The van der Waals surface area contributed by atoms with E-state index in [4.69, 9.17) is 16.6 Å². The van der Waals surface area contributed by atoms with Gasteiger partial charge in [0.25, 0.3) is 0 Å². The highest BCUT2D eigenvalue weighted by Gasteiger charge is 2.22. The molecule has 0 amide bonds. The third kappa shape index (κ3) is 6.64. The number of carboxylic acids is 1. The molecule has 11 heteroatoms. The number of carbonyl (C=O) groups is 1. The average molecular weight is 668 g/mol. The second kappa shape index (κ2) is 14.3. The van der Waals surface area contributed by atoms with E-state index >= 15 is 0 Å². The SMILES string of the molecule is CCN(CC)c1ccc2c(-c3cc(NC(=S)NCc4c(O)c(=O)cc(C)n4C)ccc3C(=O)[O-])c3ccc(=[N+](CC)CC)cc-3oc2c1. The lowest BCUT2D eigenvalue weighted by Crippen LogP contribution is -2.30. The van der Waals surface area contributed by atoms with E-state index in [9.17, 15) is 19.8 Å². The molecule has 0 fully saturated rings. The van der Waals surface area contributed by atoms with Gasteiger partial charge in [0.2, 0.25) is 10.8 Å². The van der Waals surface area contributed by atoms with Crippen molar-refractivity contribution in [1.82, 2.24) is 14.5 Å². The first-order valence-electron chi connectivity index (χ1n) is 16.1. The summed E-state index contributed by atoms with van der Waals surface area (Å²) in [4.78, 5) is 26.9. The van der Waals surface area contributed by atoms with Crippen LogP contribution in [0.5, 0.6) is 5.75 Å². The molecule has 3 aromatic rings. The molecule has 2 aromatic carbocycles. The van der Waals surface area contributed by atoms with Crippen LogP contribution in [0.1, 0.15) is 49.4 Å². The molecule has 10 nitrogen and oxygen atoms in total. The summed E-state index contributed by atoms with van der Waals surface area (Å²) in [5, 5.41) is 31.1. The van der Waals surface area contributed by atoms with Gasteiger partial charge in [0.05, 0.1) is 24.3 Å². The number of nitrogens with zero attached hydrogens (tertiary/aromatic N) is 3. The molecule has 250 valence electrons. The van der Waals surface area contributed by atoms with E-state index in [1.807, 2.05) is 36.4 Å². The largest absolute Gasteiger partial charge is 0.545 e. The summed E-state index contributed by atoms with van der Waals surface area (Å²) in [7, 11) is 1.75. The van der Waals surface area contributed by atoms with Gasteiger partial charge in [0.15, 0.2) is 10.9 Å². The van der Waals surface area contributed by atoms with Crippen LogP contribution in [0.4, 0.5) is 11.4 Å². The minimum absolute atomic E-state index is 0.0218.